The molecule has 3 rings (SSSR count). The number of unbranched alkanes of at least 4 members (excludes halogenated alkanes) is 4. The van der Waals surface area contributed by atoms with Gasteiger partial charge in [-0.25, -0.2) is 4.39 Å². The largest absolute Gasteiger partial charge is 0.207 e. The minimum atomic E-state index is -0.0681. The summed E-state index contributed by atoms with van der Waals surface area (Å²) in [5.74, 6) is 3.40. The van der Waals surface area contributed by atoms with Gasteiger partial charge in [0.15, 0.2) is 0 Å². The van der Waals surface area contributed by atoms with Crippen molar-refractivity contribution in [1.29, 1.82) is 0 Å². The molecule has 24 heavy (non-hydrogen) atoms. The van der Waals surface area contributed by atoms with Crippen LogP contribution in [0.1, 0.15) is 95.5 Å². The molecule has 1 aromatic rings. The number of halogens is 1. The van der Waals surface area contributed by atoms with E-state index in [1.54, 1.807) is 12.1 Å². The molecule has 2 aliphatic rings. The van der Waals surface area contributed by atoms with Crippen molar-refractivity contribution >= 4 is 0 Å². The number of benzene rings is 1. The van der Waals surface area contributed by atoms with Crippen LogP contribution in [0, 0.1) is 23.6 Å². The van der Waals surface area contributed by atoms with Gasteiger partial charge in [-0.2, -0.15) is 0 Å². The Morgan fingerprint density at radius 3 is 2.54 bits per heavy atom. The van der Waals surface area contributed by atoms with E-state index in [4.69, 9.17) is 0 Å². The molecular formula is C23H35F. The van der Waals surface area contributed by atoms with E-state index in [-0.39, 0.29) is 5.82 Å². The fourth-order valence-electron chi connectivity index (χ4n) is 5.35. The standard InChI is InChI=1S/C23H35F/c1-2-3-4-5-6-8-18-11-12-21-16-22(14-13-20(21)15-18)19-9-7-10-23(24)17-19/h7,9-10,17-18,20-22H,2-6,8,11-16H2,1H3. The molecule has 0 saturated heterocycles. The molecule has 4 unspecified atom stereocenters. The maximum Gasteiger partial charge on any atom is 0.123 e. The first-order valence-electron chi connectivity index (χ1n) is 10.5. The molecule has 0 amide bonds. The second kappa shape index (κ2) is 9.02. The highest BCUT2D eigenvalue weighted by Crippen LogP contribution is 2.48. The normalized spacial score (nSPS) is 30.1. The summed E-state index contributed by atoms with van der Waals surface area (Å²) in [7, 11) is 0. The van der Waals surface area contributed by atoms with Gasteiger partial charge in [0.2, 0.25) is 0 Å². The van der Waals surface area contributed by atoms with Crippen LogP contribution in [0.15, 0.2) is 24.3 Å². The predicted molar refractivity (Wildman–Crippen MR) is 101 cm³/mol. The molecule has 0 N–H and O–H groups in total. The molecule has 0 spiro atoms. The molecule has 0 aliphatic heterocycles. The van der Waals surface area contributed by atoms with Gasteiger partial charge in [0.25, 0.3) is 0 Å². The molecule has 2 aliphatic carbocycles. The van der Waals surface area contributed by atoms with E-state index in [0.717, 1.165) is 17.8 Å². The molecule has 2 saturated carbocycles. The molecule has 0 aromatic heterocycles. The van der Waals surface area contributed by atoms with Crippen molar-refractivity contribution in [3.05, 3.63) is 35.6 Å². The number of fused-ring (bicyclic) bond motifs is 1. The van der Waals surface area contributed by atoms with Crippen molar-refractivity contribution < 1.29 is 4.39 Å². The molecule has 0 nitrogen and oxygen atoms in total. The van der Waals surface area contributed by atoms with Crippen molar-refractivity contribution in [3.8, 4) is 0 Å². The summed E-state index contributed by atoms with van der Waals surface area (Å²) in [6, 6.07) is 7.36. The lowest BCUT2D eigenvalue weighted by Crippen LogP contribution is -2.30. The quantitative estimate of drug-likeness (QED) is 0.454. The van der Waals surface area contributed by atoms with E-state index in [2.05, 4.69) is 13.0 Å². The Morgan fingerprint density at radius 2 is 1.71 bits per heavy atom. The van der Waals surface area contributed by atoms with Crippen LogP contribution < -0.4 is 0 Å². The van der Waals surface area contributed by atoms with Crippen LogP contribution in [0.4, 0.5) is 4.39 Å². The van der Waals surface area contributed by atoms with Crippen molar-refractivity contribution in [3.63, 3.8) is 0 Å². The average molecular weight is 331 g/mol. The van der Waals surface area contributed by atoms with Gasteiger partial charge in [0, 0.05) is 0 Å². The van der Waals surface area contributed by atoms with Gasteiger partial charge >= 0.3 is 0 Å². The summed E-state index contributed by atoms with van der Waals surface area (Å²) < 4.78 is 13.5. The van der Waals surface area contributed by atoms with E-state index in [9.17, 15) is 4.39 Å². The van der Waals surface area contributed by atoms with Crippen LogP contribution in [0.5, 0.6) is 0 Å². The summed E-state index contributed by atoms with van der Waals surface area (Å²) in [5, 5.41) is 0. The van der Waals surface area contributed by atoms with Crippen LogP contribution in [-0.2, 0) is 0 Å². The maximum atomic E-state index is 13.5. The van der Waals surface area contributed by atoms with Crippen LogP contribution in [0.3, 0.4) is 0 Å². The topological polar surface area (TPSA) is 0 Å². The van der Waals surface area contributed by atoms with Gasteiger partial charge in [-0.3, -0.25) is 0 Å². The number of rotatable bonds is 7. The van der Waals surface area contributed by atoms with E-state index in [1.807, 2.05) is 6.07 Å². The van der Waals surface area contributed by atoms with E-state index >= 15 is 0 Å². The smallest absolute Gasteiger partial charge is 0.123 e. The molecule has 0 heterocycles. The highest BCUT2D eigenvalue weighted by molar-refractivity contribution is 5.21. The molecule has 134 valence electrons. The van der Waals surface area contributed by atoms with Crippen LogP contribution >= 0.6 is 0 Å². The van der Waals surface area contributed by atoms with E-state index in [1.165, 1.54) is 82.6 Å². The monoisotopic (exact) mass is 330 g/mol. The molecule has 2 fully saturated rings. The van der Waals surface area contributed by atoms with Crippen molar-refractivity contribution in [2.45, 2.75) is 89.9 Å². The first-order valence-corrected chi connectivity index (χ1v) is 10.5. The molecular weight excluding hydrogens is 295 g/mol. The summed E-state index contributed by atoms with van der Waals surface area (Å²) >= 11 is 0. The Labute approximate surface area is 148 Å². The van der Waals surface area contributed by atoms with Crippen molar-refractivity contribution in [1.82, 2.24) is 0 Å². The summed E-state index contributed by atoms with van der Waals surface area (Å²) in [4.78, 5) is 0. The van der Waals surface area contributed by atoms with Gasteiger partial charge in [-0.05, 0) is 73.5 Å². The summed E-state index contributed by atoms with van der Waals surface area (Å²) in [5.41, 5.74) is 1.24. The molecule has 1 aromatic carbocycles. The summed E-state index contributed by atoms with van der Waals surface area (Å²) in [6.45, 7) is 2.29. The fourth-order valence-corrected chi connectivity index (χ4v) is 5.35. The molecule has 0 bridgehead atoms. The SMILES string of the molecule is CCCCCCCC1CCC2CC(c3cccc(F)c3)CCC2C1. The fraction of sp³-hybridized carbons (Fsp3) is 0.739. The lowest BCUT2D eigenvalue weighted by atomic mass is 9.63. The Hall–Kier alpha value is -0.850. The maximum absolute atomic E-state index is 13.5. The third-order valence-corrected chi connectivity index (χ3v) is 6.76. The van der Waals surface area contributed by atoms with E-state index < -0.39 is 0 Å². The lowest BCUT2D eigenvalue weighted by Gasteiger charge is -2.42. The number of hydrogen-bond acceptors (Lipinski definition) is 0. The minimum absolute atomic E-state index is 0.0681. The van der Waals surface area contributed by atoms with Gasteiger partial charge < -0.3 is 0 Å². The third kappa shape index (κ3) is 4.83. The van der Waals surface area contributed by atoms with Gasteiger partial charge in [0.05, 0.1) is 0 Å². The number of hydrogen-bond donors (Lipinski definition) is 0. The predicted octanol–water partition coefficient (Wildman–Crippen LogP) is 7.49. The zero-order chi connectivity index (χ0) is 16.8. The van der Waals surface area contributed by atoms with Crippen molar-refractivity contribution in [2.75, 3.05) is 0 Å². The van der Waals surface area contributed by atoms with E-state index in [0.29, 0.717) is 5.92 Å². The second-order valence-corrected chi connectivity index (χ2v) is 8.47. The van der Waals surface area contributed by atoms with Gasteiger partial charge in [0.1, 0.15) is 5.82 Å². The minimum Gasteiger partial charge on any atom is -0.207 e. The lowest BCUT2D eigenvalue weighted by molar-refractivity contribution is 0.113. The van der Waals surface area contributed by atoms with Gasteiger partial charge in [-0.15, -0.1) is 0 Å². The Kier molecular flexibility index (Phi) is 6.75. The average Bonchev–Trinajstić information content (AvgIpc) is 2.61. The molecule has 4 atom stereocenters. The first kappa shape index (κ1) is 18.0. The highest BCUT2D eigenvalue weighted by atomic mass is 19.1. The second-order valence-electron chi connectivity index (χ2n) is 8.47. The van der Waals surface area contributed by atoms with Crippen LogP contribution in [0.2, 0.25) is 0 Å². The van der Waals surface area contributed by atoms with Crippen LogP contribution in [-0.4, -0.2) is 0 Å². The Balaban J connectivity index is 1.44. The molecule has 1 heteroatoms. The first-order chi connectivity index (χ1) is 11.8. The Morgan fingerprint density at radius 1 is 0.917 bits per heavy atom. The summed E-state index contributed by atoms with van der Waals surface area (Å²) in [6.07, 6.45) is 16.9. The van der Waals surface area contributed by atoms with Gasteiger partial charge in [-0.1, -0.05) is 64.0 Å². The van der Waals surface area contributed by atoms with Crippen molar-refractivity contribution in [2.24, 2.45) is 17.8 Å². The third-order valence-electron chi connectivity index (χ3n) is 6.76. The highest BCUT2D eigenvalue weighted by Gasteiger charge is 2.35. The zero-order valence-corrected chi connectivity index (χ0v) is 15.5. The van der Waals surface area contributed by atoms with Crippen LogP contribution in [0.25, 0.3) is 0 Å². The zero-order valence-electron chi connectivity index (χ0n) is 15.5. The molecule has 0 radical (unpaired) electrons. The Bertz CT molecular complexity index is 495.